The molecule has 0 radical (unpaired) electrons. The standard InChI is InChI=1S/C11H11IN2O/c12-9-4-2-1-3-8(9)10-7-14-11(15-10)5-6-13/h1-4,7H,5-6,13H2. The van der Waals surface area contributed by atoms with Crippen molar-refractivity contribution < 1.29 is 4.42 Å². The van der Waals surface area contributed by atoms with E-state index in [9.17, 15) is 0 Å². The third-order valence-electron chi connectivity index (χ3n) is 2.05. The second kappa shape index (κ2) is 4.76. The first kappa shape index (κ1) is 10.6. The molecule has 4 heteroatoms. The van der Waals surface area contributed by atoms with E-state index in [1.807, 2.05) is 24.3 Å². The Bertz CT molecular complexity index is 453. The lowest BCUT2D eigenvalue weighted by molar-refractivity contribution is 0.508. The molecule has 3 nitrogen and oxygen atoms in total. The molecule has 1 aromatic carbocycles. The smallest absolute Gasteiger partial charge is 0.196 e. The molecule has 0 atom stereocenters. The van der Waals surface area contributed by atoms with E-state index in [4.69, 9.17) is 10.2 Å². The minimum absolute atomic E-state index is 0.561. The fourth-order valence-electron chi connectivity index (χ4n) is 1.33. The van der Waals surface area contributed by atoms with Crippen molar-refractivity contribution >= 4 is 22.6 Å². The van der Waals surface area contributed by atoms with Gasteiger partial charge >= 0.3 is 0 Å². The minimum Gasteiger partial charge on any atom is -0.441 e. The van der Waals surface area contributed by atoms with E-state index in [0.29, 0.717) is 18.9 Å². The summed E-state index contributed by atoms with van der Waals surface area (Å²) < 4.78 is 6.75. The molecule has 0 aliphatic heterocycles. The summed E-state index contributed by atoms with van der Waals surface area (Å²) in [7, 11) is 0. The first-order valence-corrected chi connectivity index (χ1v) is 5.79. The zero-order valence-corrected chi connectivity index (χ0v) is 10.3. The van der Waals surface area contributed by atoms with Gasteiger partial charge in [0.1, 0.15) is 0 Å². The van der Waals surface area contributed by atoms with Crippen molar-refractivity contribution in [3.05, 3.63) is 39.9 Å². The summed E-state index contributed by atoms with van der Waals surface area (Å²) in [5, 5.41) is 0. The van der Waals surface area contributed by atoms with Crippen LogP contribution >= 0.6 is 22.6 Å². The van der Waals surface area contributed by atoms with Crippen LogP contribution in [0, 0.1) is 3.57 Å². The number of nitrogens with zero attached hydrogens (tertiary/aromatic N) is 1. The van der Waals surface area contributed by atoms with Crippen molar-refractivity contribution in [3.63, 3.8) is 0 Å². The average Bonchev–Trinajstić information content (AvgIpc) is 2.68. The lowest BCUT2D eigenvalue weighted by atomic mass is 10.2. The van der Waals surface area contributed by atoms with Gasteiger partial charge in [0.15, 0.2) is 11.7 Å². The summed E-state index contributed by atoms with van der Waals surface area (Å²) in [5.41, 5.74) is 6.51. The fraction of sp³-hybridized carbons (Fsp3) is 0.182. The molecule has 0 bridgehead atoms. The van der Waals surface area contributed by atoms with Gasteiger partial charge < -0.3 is 10.2 Å². The monoisotopic (exact) mass is 314 g/mol. The molecule has 0 amide bonds. The first-order chi connectivity index (χ1) is 7.31. The van der Waals surface area contributed by atoms with Crippen LogP contribution in [-0.2, 0) is 6.42 Å². The van der Waals surface area contributed by atoms with Crippen LogP contribution in [0.5, 0.6) is 0 Å². The number of rotatable bonds is 3. The molecule has 0 saturated carbocycles. The molecule has 15 heavy (non-hydrogen) atoms. The zero-order chi connectivity index (χ0) is 10.7. The number of hydrogen-bond donors (Lipinski definition) is 1. The molecule has 2 rings (SSSR count). The molecule has 0 fully saturated rings. The molecule has 78 valence electrons. The summed E-state index contributed by atoms with van der Waals surface area (Å²) in [6.07, 6.45) is 2.44. The number of benzene rings is 1. The third kappa shape index (κ3) is 2.38. The maximum absolute atomic E-state index is 5.60. The Morgan fingerprint density at radius 2 is 2.13 bits per heavy atom. The Kier molecular flexibility index (Phi) is 3.37. The number of nitrogens with two attached hydrogens (primary N) is 1. The average molecular weight is 314 g/mol. The highest BCUT2D eigenvalue weighted by Crippen LogP contribution is 2.25. The molecule has 1 aromatic heterocycles. The predicted molar refractivity (Wildman–Crippen MR) is 67.4 cm³/mol. The molecular weight excluding hydrogens is 303 g/mol. The first-order valence-electron chi connectivity index (χ1n) is 4.71. The highest BCUT2D eigenvalue weighted by Gasteiger charge is 2.07. The minimum atomic E-state index is 0.561. The molecular formula is C11H11IN2O. The predicted octanol–water partition coefficient (Wildman–Crippen LogP) is 2.45. The normalized spacial score (nSPS) is 10.5. The SMILES string of the molecule is NCCc1ncc(-c2ccccc2I)o1. The van der Waals surface area contributed by atoms with E-state index in [-0.39, 0.29) is 0 Å². The fourth-order valence-corrected chi connectivity index (χ4v) is 1.99. The maximum atomic E-state index is 5.60. The van der Waals surface area contributed by atoms with Crippen LogP contribution in [0.4, 0.5) is 0 Å². The molecule has 0 saturated heterocycles. The van der Waals surface area contributed by atoms with Crippen molar-refractivity contribution in [2.75, 3.05) is 6.54 Å². The van der Waals surface area contributed by atoms with E-state index in [2.05, 4.69) is 27.6 Å². The zero-order valence-electron chi connectivity index (χ0n) is 8.11. The Morgan fingerprint density at radius 1 is 1.33 bits per heavy atom. The van der Waals surface area contributed by atoms with Gasteiger partial charge in [-0.05, 0) is 28.7 Å². The molecule has 0 aliphatic carbocycles. The summed E-state index contributed by atoms with van der Waals surface area (Å²) in [6, 6.07) is 8.06. The van der Waals surface area contributed by atoms with Crippen LogP contribution in [0.3, 0.4) is 0 Å². The molecule has 2 aromatic rings. The van der Waals surface area contributed by atoms with Gasteiger partial charge in [-0.25, -0.2) is 4.98 Å². The van der Waals surface area contributed by atoms with Gasteiger partial charge in [0.2, 0.25) is 0 Å². The third-order valence-corrected chi connectivity index (χ3v) is 2.99. The van der Waals surface area contributed by atoms with Crippen LogP contribution in [0.1, 0.15) is 5.89 Å². The van der Waals surface area contributed by atoms with Gasteiger partial charge in [-0.2, -0.15) is 0 Å². The van der Waals surface area contributed by atoms with Crippen LogP contribution in [0.25, 0.3) is 11.3 Å². The van der Waals surface area contributed by atoms with E-state index in [1.54, 1.807) is 6.20 Å². The molecule has 0 spiro atoms. The van der Waals surface area contributed by atoms with Gasteiger partial charge in [-0.1, -0.05) is 18.2 Å². The number of aromatic nitrogens is 1. The maximum Gasteiger partial charge on any atom is 0.196 e. The van der Waals surface area contributed by atoms with Crippen LogP contribution < -0.4 is 5.73 Å². The van der Waals surface area contributed by atoms with E-state index < -0.39 is 0 Å². The Morgan fingerprint density at radius 3 is 2.87 bits per heavy atom. The van der Waals surface area contributed by atoms with Crippen LogP contribution in [-0.4, -0.2) is 11.5 Å². The van der Waals surface area contributed by atoms with Gasteiger partial charge in [0, 0.05) is 22.1 Å². The van der Waals surface area contributed by atoms with Crippen LogP contribution in [0.2, 0.25) is 0 Å². The van der Waals surface area contributed by atoms with Crippen molar-refractivity contribution in [3.8, 4) is 11.3 Å². The Balaban J connectivity index is 2.33. The van der Waals surface area contributed by atoms with E-state index >= 15 is 0 Å². The highest BCUT2D eigenvalue weighted by molar-refractivity contribution is 14.1. The molecule has 0 unspecified atom stereocenters. The lowest BCUT2D eigenvalue weighted by Crippen LogP contribution is -2.02. The van der Waals surface area contributed by atoms with Gasteiger partial charge in [0.25, 0.3) is 0 Å². The number of halogens is 1. The van der Waals surface area contributed by atoms with Crippen molar-refractivity contribution in [2.24, 2.45) is 5.73 Å². The van der Waals surface area contributed by atoms with Gasteiger partial charge in [-0.15, -0.1) is 0 Å². The Hall–Kier alpha value is -0.880. The quantitative estimate of drug-likeness (QED) is 0.886. The highest BCUT2D eigenvalue weighted by atomic mass is 127. The van der Waals surface area contributed by atoms with Gasteiger partial charge in [0.05, 0.1) is 6.20 Å². The summed E-state index contributed by atoms with van der Waals surface area (Å²) in [5.74, 6) is 1.51. The second-order valence-corrected chi connectivity index (χ2v) is 4.30. The van der Waals surface area contributed by atoms with E-state index in [1.165, 1.54) is 0 Å². The Labute approximate surface area is 102 Å². The second-order valence-electron chi connectivity index (χ2n) is 3.14. The lowest BCUT2D eigenvalue weighted by Gasteiger charge is -1.98. The van der Waals surface area contributed by atoms with Gasteiger partial charge in [-0.3, -0.25) is 0 Å². The van der Waals surface area contributed by atoms with E-state index in [0.717, 1.165) is 14.9 Å². The van der Waals surface area contributed by atoms with Crippen LogP contribution in [0.15, 0.2) is 34.9 Å². The van der Waals surface area contributed by atoms with Crippen molar-refractivity contribution in [2.45, 2.75) is 6.42 Å². The molecule has 1 heterocycles. The summed E-state index contributed by atoms with van der Waals surface area (Å²) >= 11 is 2.28. The largest absolute Gasteiger partial charge is 0.441 e. The number of hydrogen-bond acceptors (Lipinski definition) is 3. The topological polar surface area (TPSA) is 52.0 Å². The number of oxazole rings is 1. The molecule has 2 N–H and O–H groups in total. The van der Waals surface area contributed by atoms with Crippen molar-refractivity contribution in [1.29, 1.82) is 0 Å². The molecule has 0 aliphatic rings. The summed E-state index contributed by atoms with van der Waals surface area (Å²) in [6.45, 7) is 0.561. The van der Waals surface area contributed by atoms with Crippen molar-refractivity contribution in [1.82, 2.24) is 4.98 Å². The summed E-state index contributed by atoms with van der Waals surface area (Å²) in [4.78, 5) is 4.17.